The van der Waals surface area contributed by atoms with E-state index in [-0.39, 0.29) is 24.3 Å². The third-order valence-electron chi connectivity index (χ3n) is 4.22. The summed E-state index contributed by atoms with van der Waals surface area (Å²) >= 11 is 6.76. The van der Waals surface area contributed by atoms with Crippen molar-refractivity contribution in [3.8, 4) is 0 Å². The number of hydrogen-bond acceptors (Lipinski definition) is 5. The van der Waals surface area contributed by atoms with Crippen LogP contribution >= 0.6 is 44.3 Å². The van der Waals surface area contributed by atoms with Crippen molar-refractivity contribution in [1.82, 2.24) is 14.8 Å². The third kappa shape index (κ3) is 1.52. The zero-order valence-corrected chi connectivity index (χ0v) is 14.6. The Balaban J connectivity index is 0.00000132. The summed E-state index contributed by atoms with van der Waals surface area (Å²) in [6.45, 7) is 0.567. The fourth-order valence-electron chi connectivity index (χ4n) is 3.45. The van der Waals surface area contributed by atoms with Crippen molar-refractivity contribution >= 4 is 56.1 Å². The number of amides is 1. The van der Waals surface area contributed by atoms with E-state index in [4.69, 9.17) is 5.73 Å². The molecule has 0 aromatic carbocycles. The molecule has 4 N–H and O–H groups in total. The Kier molecular flexibility index (Phi) is 3.15. The first kappa shape index (κ1) is 15.1. The SMILES string of the molecule is Cl.NC1=N[C@@]2(O)n3c(cc(Br)c3Br)C(=O)N3CCC[C@]32N1. The number of aromatic nitrogens is 1. The molecule has 114 valence electrons. The fraction of sp³-hybridized carbons (Fsp3) is 0.455. The molecule has 4 rings (SSSR count). The van der Waals surface area contributed by atoms with E-state index < -0.39 is 11.5 Å². The van der Waals surface area contributed by atoms with Crippen molar-refractivity contribution in [3.63, 3.8) is 0 Å². The van der Waals surface area contributed by atoms with E-state index >= 15 is 0 Å². The van der Waals surface area contributed by atoms with Crippen LogP contribution in [0.4, 0.5) is 0 Å². The van der Waals surface area contributed by atoms with E-state index in [0.29, 0.717) is 27.7 Å². The molecule has 1 amide bonds. The van der Waals surface area contributed by atoms with Gasteiger partial charge < -0.3 is 21.1 Å². The van der Waals surface area contributed by atoms with Crippen LogP contribution in [0, 0.1) is 0 Å². The van der Waals surface area contributed by atoms with Crippen LogP contribution in [0.15, 0.2) is 20.1 Å². The minimum Gasteiger partial charge on any atom is -0.370 e. The van der Waals surface area contributed by atoms with E-state index in [2.05, 4.69) is 42.2 Å². The van der Waals surface area contributed by atoms with Gasteiger partial charge in [0.1, 0.15) is 10.3 Å². The molecule has 21 heavy (non-hydrogen) atoms. The van der Waals surface area contributed by atoms with E-state index in [1.807, 2.05) is 0 Å². The zero-order chi connectivity index (χ0) is 14.3. The molecule has 3 aliphatic heterocycles. The van der Waals surface area contributed by atoms with Crippen molar-refractivity contribution in [2.24, 2.45) is 10.7 Å². The molecule has 1 fully saturated rings. The number of carbonyl (C=O) groups is 1. The van der Waals surface area contributed by atoms with Crippen molar-refractivity contribution in [3.05, 3.63) is 20.8 Å². The maximum absolute atomic E-state index is 12.7. The van der Waals surface area contributed by atoms with E-state index in [0.717, 1.165) is 6.42 Å². The van der Waals surface area contributed by atoms with E-state index in [1.54, 1.807) is 11.0 Å². The number of aliphatic hydroxyl groups is 1. The van der Waals surface area contributed by atoms with Gasteiger partial charge in [0.25, 0.3) is 11.8 Å². The molecule has 10 heteroatoms. The van der Waals surface area contributed by atoms with Crippen LogP contribution in [0.3, 0.4) is 0 Å². The van der Waals surface area contributed by atoms with Crippen LogP contribution < -0.4 is 11.1 Å². The molecule has 0 unspecified atom stereocenters. The average Bonchev–Trinajstić information content (AvgIpc) is 2.98. The van der Waals surface area contributed by atoms with Gasteiger partial charge in [-0.25, -0.2) is 0 Å². The lowest BCUT2D eigenvalue weighted by Crippen LogP contribution is -2.71. The van der Waals surface area contributed by atoms with Gasteiger partial charge >= 0.3 is 0 Å². The minimum atomic E-state index is -1.64. The minimum absolute atomic E-state index is 0. The number of fused-ring (bicyclic) bond motifs is 2. The largest absolute Gasteiger partial charge is 0.370 e. The number of nitrogens with zero attached hydrogens (tertiary/aromatic N) is 3. The van der Waals surface area contributed by atoms with Gasteiger partial charge in [0, 0.05) is 6.54 Å². The lowest BCUT2D eigenvalue weighted by atomic mass is 9.98. The van der Waals surface area contributed by atoms with Crippen LogP contribution in [0.1, 0.15) is 23.3 Å². The van der Waals surface area contributed by atoms with E-state index in [9.17, 15) is 9.90 Å². The highest BCUT2D eigenvalue weighted by Crippen LogP contribution is 2.50. The summed E-state index contributed by atoms with van der Waals surface area (Å²) in [5.74, 6) is -1.64. The first-order valence-corrected chi connectivity index (χ1v) is 7.74. The summed E-state index contributed by atoms with van der Waals surface area (Å²) in [7, 11) is 0. The highest BCUT2D eigenvalue weighted by atomic mass is 79.9. The number of rotatable bonds is 0. The number of aliphatic imine (C=N–C) groups is 1. The number of hydrogen-bond donors (Lipinski definition) is 3. The van der Waals surface area contributed by atoms with Crippen LogP contribution in [0.25, 0.3) is 0 Å². The van der Waals surface area contributed by atoms with Gasteiger partial charge in [-0.3, -0.25) is 9.36 Å². The summed E-state index contributed by atoms with van der Waals surface area (Å²) < 4.78 is 2.74. The molecule has 7 nitrogen and oxygen atoms in total. The van der Waals surface area contributed by atoms with Gasteiger partial charge in [-0.15, -0.1) is 12.4 Å². The highest BCUT2D eigenvalue weighted by Gasteiger charge is 2.67. The monoisotopic (exact) mass is 439 g/mol. The molecule has 1 aromatic heterocycles. The Bertz CT molecular complexity index is 692. The quantitative estimate of drug-likeness (QED) is 0.558. The molecule has 0 aliphatic carbocycles. The van der Waals surface area contributed by atoms with Crippen LogP contribution in [0.2, 0.25) is 0 Å². The predicted octanol–water partition coefficient (Wildman–Crippen LogP) is 0.901. The predicted molar refractivity (Wildman–Crippen MR) is 85.0 cm³/mol. The van der Waals surface area contributed by atoms with Crippen LogP contribution in [-0.2, 0) is 5.85 Å². The number of guanidine groups is 1. The third-order valence-corrected chi connectivity index (χ3v) is 6.14. The molecule has 1 saturated heterocycles. The molecule has 1 spiro atoms. The summed E-state index contributed by atoms with van der Waals surface area (Å²) in [5.41, 5.74) is 5.17. The van der Waals surface area contributed by atoms with Crippen LogP contribution in [-0.4, -0.2) is 38.6 Å². The Morgan fingerprint density at radius 2 is 2.19 bits per heavy atom. The van der Waals surface area contributed by atoms with Gasteiger partial charge in [-0.1, -0.05) is 0 Å². The second-order valence-corrected chi connectivity index (χ2v) is 6.79. The highest BCUT2D eigenvalue weighted by molar-refractivity contribution is 9.13. The fourth-order valence-corrected chi connectivity index (χ4v) is 4.40. The van der Waals surface area contributed by atoms with Gasteiger partial charge in [-0.2, -0.15) is 4.99 Å². The molecule has 4 heterocycles. The number of nitrogens with two attached hydrogens (primary N) is 1. The first-order valence-electron chi connectivity index (χ1n) is 6.16. The standard InChI is InChI=1S/C11H11Br2N5O2.ClH/c12-5-4-6-8(19)17-3-1-2-10(17)11(20,16-9(14)15-10)18(6)7(5)13;/h4,20H,1-3H2,(H3,14,15,16);1H/t10-,11+;/m0./s1. The number of halogens is 3. The molecular weight excluding hydrogens is 429 g/mol. The molecule has 0 saturated carbocycles. The number of nitrogens with one attached hydrogen (secondary N) is 1. The molecule has 0 radical (unpaired) electrons. The van der Waals surface area contributed by atoms with Gasteiger partial charge in [0.15, 0.2) is 11.6 Å². The molecule has 0 bridgehead atoms. The summed E-state index contributed by atoms with van der Waals surface area (Å²) in [4.78, 5) is 18.5. The van der Waals surface area contributed by atoms with E-state index in [1.165, 1.54) is 4.57 Å². The molecule has 3 aliphatic rings. The molecule has 1 aromatic rings. The van der Waals surface area contributed by atoms with Crippen LogP contribution in [0.5, 0.6) is 0 Å². The summed E-state index contributed by atoms with van der Waals surface area (Å²) in [6.07, 6.45) is 1.37. The average molecular weight is 442 g/mol. The molecule has 2 atom stereocenters. The smallest absolute Gasteiger partial charge is 0.288 e. The number of carbonyl (C=O) groups excluding carboxylic acids is 1. The van der Waals surface area contributed by atoms with Crippen molar-refractivity contribution in [2.75, 3.05) is 6.54 Å². The van der Waals surface area contributed by atoms with Gasteiger partial charge in [-0.05, 0) is 50.8 Å². The summed E-state index contributed by atoms with van der Waals surface area (Å²) in [5, 5.41) is 14.2. The van der Waals surface area contributed by atoms with Crippen molar-refractivity contribution < 1.29 is 9.90 Å². The van der Waals surface area contributed by atoms with Gasteiger partial charge in [0.05, 0.1) is 4.47 Å². The maximum Gasteiger partial charge on any atom is 0.288 e. The second kappa shape index (κ2) is 4.37. The zero-order valence-electron chi connectivity index (χ0n) is 10.6. The Morgan fingerprint density at radius 3 is 2.90 bits per heavy atom. The summed E-state index contributed by atoms with van der Waals surface area (Å²) in [6, 6.07) is 1.68. The second-order valence-electron chi connectivity index (χ2n) is 5.18. The van der Waals surface area contributed by atoms with Crippen molar-refractivity contribution in [1.29, 1.82) is 0 Å². The first-order chi connectivity index (χ1) is 9.41. The Labute approximate surface area is 143 Å². The maximum atomic E-state index is 12.7. The van der Waals surface area contributed by atoms with Gasteiger partial charge in [0.2, 0.25) is 0 Å². The molecular formula is C11H12Br2ClN5O2. The lowest BCUT2D eigenvalue weighted by Gasteiger charge is -2.48. The lowest BCUT2D eigenvalue weighted by molar-refractivity contribution is -0.149. The topological polar surface area (TPSA) is 95.9 Å². The Hall–Kier alpha value is -0.770. The normalized spacial score (nSPS) is 32.8. The van der Waals surface area contributed by atoms with Crippen molar-refractivity contribution in [2.45, 2.75) is 24.4 Å². The Morgan fingerprint density at radius 1 is 1.48 bits per heavy atom.